The van der Waals surface area contributed by atoms with Crippen molar-refractivity contribution in [2.24, 2.45) is 0 Å². The number of carbonyl (C=O) groups excluding carboxylic acids is 3. The van der Waals surface area contributed by atoms with Crippen LogP contribution in [0.5, 0.6) is 5.75 Å². The molecule has 1 aliphatic rings. The van der Waals surface area contributed by atoms with Gasteiger partial charge in [0.2, 0.25) is 5.91 Å². The smallest absolute Gasteiger partial charge is 0.259 e. The highest BCUT2D eigenvalue weighted by Crippen LogP contribution is 2.24. The number of nitrogens with zero attached hydrogens (tertiary/aromatic N) is 1. The minimum absolute atomic E-state index is 0.0311. The van der Waals surface area contributed by atoms with Gasteiger partial charge < -0.3 is 20.6 Å². The third-order valence-electron chi connectivity index (χ3n) is 5.60. The minimum Gasteiger partial charge on any atom is -0.507 e. The molecule has 0 saturated carbocycles. The van der Waals surface area contributed by atoms with Gasteiger partial charge in [0.15, 0.2) is 0 Å². The van der Waals surface area contributed by atoms with E-state index in [1.54, 1.807) is 23.1 Å². The topological polar surface area (TPSA) is 98.7 Å². The summed E-state index contributed by atoms with van der Waals surface area (Å²) in [4.78, 5) is 38.8. The summed E-state index contributed by atoms with van der Waals surface area (Å²) in [6.07, 6.45) is 2.42. The van der Waals surface area contributed by atoms with E-state index >= 15 is 0 Å². The first kappa shape index (κ1) is 23.9. The Balaban J connectivity index is 1.42. The highest BCUT2D eigenvalue weighted by Gasteiger charge is 2.19. The molecule has 3 amide bonds. The Morgan fingerprint density at radius 3 is 2.31 bits per heavy atom. The van der Waals surface area contributed by atoms with Crippen molar-refractivity contribution < 1.29 is 28.3 Å². The van der Waals surface area contributed by atoms with Crippen LogP contribution in [0.4, 0.5) is 20.2 Å². The summed E-state index contributed by atoms with van der Waals surface area (Å²) in [5.41, 5.74) is 1.25. The molecule has 1 aliphatic heterocycles. The molecule has 3 aromatic carbocycles. The van der Waals surface area contributed by atoms with Crippen LogP contribution in [-0.2, 0) is 11.3 Å². The van der Waals surface area contributed by atoms with Crippen LogP contribution in [0.2, 0.25) is 0 Å². The van der Waals surface area contributed by atoms with Crippen molar-refractivity contribution >= 4 is 29.1 Å². The zero-order valence-corrected chi connectivity index (χ0v) is 18.7. The van der Waals surface area contributed by atoms with Crippen molar-refractivity contribution in [3.8, 4) is 5.75 Å². The van der Waals surface area contributed by atoms with E-state index < -0.39 is 23.4 Å². The first-order valence-corrected chi connectivity index (χ1v) is 11.1. The number of halogens is 2. The lowest BCUT2D eigenvalue weighted by Crippen LogP contribution is -2.34. The summed E-state index contributed by atoms with van der Waals surface area (Å²) >= 11 is 0. The fourth-order valence-corrected chi connectivity index (χ4v) is 3.88. The van der Waals surface area contributed by atoms with Crippen LogP contribution in [0, 0.1) is 11.6 Å². The normalized spacial score (nSPS) is 13.4. The summed E-state index contributed by atoms with van der Waals surface area (Å²) in [5, 5.41) is 15.5. The highest BCUT2D eigenvalue weighted by atomic mass is 19.1. The van der Waals surface area contributed by atoms with Crippen LogP contribution >= 0.6 is 0 Å². The van der Waals surface area contributed by atoms with Gasteiger partial charge in [-0.2, -0.15) is 0 Å². The van der Waals surface area contributed by atoms with Gasteiger partial charge in [-0.15, -0.1) is 0 Å². The SMILES string of the molecule is O=C(Nc1ccc(C(=O)Nc2cccc(CN3CCCCC3=O)c2)c(O)c1)c1cc(F)cc(F)c1. The number of benzene rings is 3. The molecule has 0 bridgehead atoms. The van der Waals surface area contributed by atoms with Gasteiger partial charge in [0.1, 0.15) is 17.4 Å². The van der Waals surface area contributed by atoms with Crippen LogP contribution < -0.4 is 10.6 Å². The van der Waals surface area contributed by atoms with E-state index in [1.165, 1.54) is 18.2 Å². The Morgan fingerprint density at radius 1 is 0.886 bits per heavy atom. The zero-order chi connectivity index (χ0) is 24.9. The quantitative estimate of drug-likeness (QED) is 0.478. The van der Waals surface area contributed by atoms with Gasteiger partial charge in [-0.1, -0.05) is 12.1 Å². The van der Waals surface area contributed by atoms with Gasteiger partial charge in [-0.3, -0.25) is 14.4 Å². The van der Waals surface area contributed by atoms with Crippen molar-refractivity contribution in [1.82, 2.24) is 4.90 Å². The van der Waals surface area contributed by atoms with Gasteiger partial charge in [-0.25, -0.2) is 8.78 Å². The van der Waals surface area contributed by atoms with Crippen LogP contribution in [0.1, 0.15) is 45.5 Å². The van der Waals surface area contributed by atoms with Crippen LogP contribution in [0.15, 0.2) is 60.7 Å². The number of phenols is 1. The Kier molecular flexibility index (Phi) is 7.05. The summed E-state index contributed by atoms with van der Waals surface area (Å²) in [6, 6.07) is 13.4. The fraction of sp³-hybridized carbons (Fsp3) is 0.192. The molecule has 35 heavy (non-hydrogen) atoms. The number of carbonyl (C=O) groups is 3. The Bertz CT molecular complexity index is 1280. The van der Waals surface area contributed by atoms with Crippen molar-refractivity contribution in [3.05, 3.63) is 89.0 Å². The number of hydrogen-bond acceptors (Lipinski definition) is 4. The number of amides is 3. The maximum atomic E-state index is 13.3. The maximum absolute atomic E-state index is 13.3. The highest BCUT2D eigenvalue weighted by molar-refractivity contribution is 6.08. The number of nitrogens with one attached hydrogen (secondary N) is 2. The third-order valence-corrected chi connectivity index (χ3v) is 5.60. The number of aromatic hydroxyl groups is 1. The largest absolute Gasteiger partial charge is 0.507 e. The molecule has 9 heteroatoms. The monoisotopic (exact) mass is 479 g/mol. The lowest BCUT2D eigenvalue weighted by Gasteiger charge is -2.26. The summed E-state index contributed by atoms with van der Waals surface area (Å²) < 4.78 is 26.7. The number of rotatable bonds is 6. The predicted molar refractivity (Wildman–Crippen MR) is 126 cm³/mol. The summed E-state index contributed by atoms with van der Waals surface area (Å²) in [7, 11) is 0. The number of hydrogen-bond donors (Lipinski definition) is 3. The zero-order valence-electron chi connectivity index (χ0n) is 18.7. The molecule has 180 valence electrons. The van der Waals surface area contributed by atoms with Crippen LogP contribution in [-0.4, -0.2) is 34.3 Å². The lowest BCUT2D eigenvalue weighted by atomic mass is 10.1. The molecule has 1 heterocycles. The first-order valence-electron chi connectivity index (χ1n) is 11.1. The number of phenolic OH excluding ortho intramolecular Hbond substituents is 1. The van der Waals surface area contributed by atoms with Gasteiger partial charge in [0.25, 0.3) is 11.8 Å². The minimum atomic E-state index is -0.892. The number of likely N-dealkylation sites (tertiary alicyclic amines) is 1. The van der Waals surface area contributed by atoms with Gasteiger partial charge >= 0.3 is 0 Å². The second kappa shape index (κ2) is 10.3. The second-order valence-corrected chi connectivity index (χ2v) is 8.27. The Morgan fingerprint density at radius 2 is 1.60 bits per heavy atom. The van der Waals surface area contributed by atoms with Crippen molar-refractivity contribution in [2.45, 2.75) is 25.8 Å². The van der Waals surface area contributed by atoms with Crippen LogP contribution in [0.3, 0.4) is 0 Å². The standard InChI is InChI=1S/C26H23F2N3O4/c27-18-11-17(12-19(28)13-18)25(34)29-21-7-8-22(23(32)14-21)26(35)30-20-5-3-4-16(10-20)15-31-9-2-1-6-24(31)33/h3-5,7-8,10-14,32H,1-2,6,9,15H2,(H,29,34)(H,30,35). The molecule has 4 rings (SSSR count). The van der Waals surface area contributed by atoms with Crippen LogP contribution in [0.25, 0.3) is 0 Å². The summed E-state index contributed by atoms with van der Waals surface area (Å²) in [6.45, 7) is 1.16. The molecular formula is C26H23F2N3O4. The van der Waals surface area contributed by atoms with Crippen molar-refractivity contribution in [3.63, 3.8) is 0 Å². The van der Waals surface area contributed by atoms with E-state index in [4.69, 9.17) is 0 Å². The van der Waals surface area contributed by atoms with E-state index in [2.05, 4.69) is 10.6 Å². The van der Waals surface area contributed by atoms with Crippen molar-refractivity contribution in [1.29, 1.82) is 0 Å². The number of anilines is 2. The molecule has 0 radical (unpaired) electrons. The lowest BCUT2D eigenvalue weighted by molar-refractivity contribution is -0.133. The molecule has 3 N–H and O–H groups in total. The second-order valence-electron chi connectivity index (χ2n) is 8.27. The average Bonchev–Trinajstić information content (AvgIpc) is 2.80. The maximum Gasteiger partial charge on any atom is 0.259 e. The number of piperidine rings is 1. The fourth-order valence-electron chi connectivity index (χ4n) is 3.88. The van der Waals surface area contributed by atoms with Gasteiger partial charge in [0.05, 0.1) is 5.56 Å². The predicted octanol–water partition coefficient (Wildman–Crippen LogP) is 4.69. The van der Waals surface area contributed by atoms with E-state index in [1.807, 2.05) is 6.07 Å². The molecule has 1 saturated heterocycles. The molecule has 0 unspecified atom stereocenters. The molecule has 1 fully saturated rings. The third kappa shape index (κ3) is 6.00. The first-order chi connectivity index (χ1) is 16.8. The molecule has 7 nitrogen and oxygen atoms in total. The molecule has 0 atom stereocenters. The molecular weight excluding hydrogens is 456 g/mol. The molecule has 0 aromatic heterocycles. The van der Waals surface area contributed by atoms with Gasteiger partial charge in [0, 0.05) is 48.6 Å². The Labute approximate surface area is 200 Å². The van der Waals surface area contributed by atoms with E-state index in [9.17, 15) is 28.3 Å². The van der Waals surface area contributed by atoms with E-state index in [0.717, 1.165) is 30.5 Å². The average molecular weight is 479 g/mol. The Hall–Kier alpha value is -4.27. The molecule has 0 aliphatic carbocycles. The molecule has 0 spiro atoms. The van der Waals surface area contributed by atoms with E-state index in [0.29, 0.717) is 31.3 Å². The summed E-state index contributed by atoms with van der Waals surface area (Å²) in [5.74, 6) is -3.40. The van der Waals surface area contributed by atoms with Gasteiger partial charge in [-0.05, 0) is 54.8 Å². The van der Waals surface area contributed by atoms with Crippen molar-refractivity contribution in [2.75, 3.05) is 17.2 Å². The molecule has 3 aromatic rings. The van der Waals surface area contributed by atoms with E-state index in [-0.39, 0.29) is 28.5 Å².